The maximum absolute atomic E-state index is 12.9. The predicted molar refractivity (Wildman–Crippen MR) is 121 cm³/mol. The SMILES string of the molecule is C=CCOC(=O)C1=C(C)NC(SCC(=O)OCCC)=C(C#N)C1c1ccc(O)c(OC)c1. The van der Waals surface area contributed by atoms with Crippen LogP contribution in [-0.4, -0.2) is 43.1 Å². The normalized spacial score (nSPS) is 15.5. The first kappa shape index (κ1) is 24.9. The summed E-state index contributed by atoms with van der Waals surface area (Å²) in [6.07, 6.45) is 2.16. The van der Waals surface area contributed by atoms with Crippen LogP contribution in [0.4, 0.5) is 0 Å². The number of phenolic OH excluding ortho intramolecular Hbond substituents is 1. The van der Waals surface area contributed by atoms with Gasteiger partial charge >= 0.3 is 11.9 Å². The van der Waals surface area contributed by atoms with Crippen LogP contribution in [0.15, 0.2) is 52.7 Å². The molecule has 1 atom stereocenters. The lowest BCUT2D eigenvalue weighted by atomic mass is 9.82. The third kappa shape index (κ3) is 5.86. The zero-order chi connectivity index (χ0) is 23.7. The summed E-state index contributed by atoms with van der Waals surface area (Å²) >= 11 is 1.12. The molecule has 0 aliphatic carbocycles. The Hall–Kier alpha value is -3.38. The summed E-state index contributed by atoms with van der Waals surface area (Å²) in [7, 11) is 1.41. The average molecular weight is 459 g/mol. The molecule has 0 fully saturated rings. The summed E-state index contributed by atoms with van der Waals surface area (Å²) in [5.41, 5.74) is 1.52. The van der Waals surface area contributed by atoms with Gasteiger partial charge in [-0.05, 0) is 31.0 Å². The number of dihydropyridines is 1. The lowest BCUT2D eigenvalue weighted by Crippen LogP contribution is -2.29. The van der Waals surface area contributed by atoms with Crippen LogP contribution in [-0.2, 0) is 19.1 Å². The molecule has 1 aromatic rings. The third-order valence-electron chi connectivity index (χ3n) is 4.54. The van der Waals surface area contributed by atoms with Crippen molar-refractivity contribution in [3.63, 3.8) is 0 Å². The number of esters is 2. The molecule has 8 nitrogen and oxygen atoms in total. The van der Waals surface area contributed by atoms with Gasteiger partial charge in [-0.15, -0.1) is 0 Å². The molecule has 170 valence electrons. The average Bonchev–Trinajstić information content (AvgIpc) is 2.79. The molecule has 9 heteroatoms. The third-order valence-corrected chi connectivity index (χ3v) is 5.53. The summed E-state index contributed by atoms with van der Waals surface area (Å²) in [5, 5.41) is 23.5. The summed E-state index contributed by atoms with van der Waals surface area (Å²) in [5.74, 6) is -1.66. The highest BCUT2D eigenvalue weighted by Crippen LogP contribution is 2.43. The van der Waals surface area contributed by atoms with E-state index in [-0.39, 0.29) is 35.0 Å². The maximum atomic E-state index is 12.9. The predicted octanol–water partition coefficient (Wildman–Crippen LogP) is 3.51. The largest absolute Gasteiger partial charge is 0.504 e. The number of ether oxygens (including phenoxy) is 3. The smallest absolute Gasteiger partial charge is 0.337 e. The van der Waals surface area contributed by atoms with Crippen molar-refractivity contribution in [2.24, 2.45) is 0 Å². The lowest BCUT2D eigenvalue weighted by molar-refractivity contribution is -0.140. The number of carbonyl (C=O) groups excluding carboxylic acids is 2. The van der Waals surface area contributed by atoms with E-state index in [9.17, 15) is 20.0 Å². The quantitative estimate of drug-likeness (QED) is 0.401. The van der Waals surface area contributed by atoms with Crippen molar-refractivity contribution in [3.8, 4) is 17.6 Å². The van der Waals surface area contributed by atoms with E-state index < -0.39 is 17.9 Å². The molecule has 0 radical (unpaired) electrons. The Bertz CT molecular complexity index is 993. The topological polar surface area (TPSA) is 118 Å². The van der Waals surface area contributed by atoms with Crippen molar-refractivity contribution in [2.75, 3.05) is 26.1 Å². The molecule has 1 aliphatic rings. The van der Waals surface area contributed by atoms with Gasteiger partial charge in [-0.25, -0.2) is 4.79 Å². The van der Waals surface area contributed by atoms with E-state index in [1.165, 1.54) is 19.3 Å². The van der Waals surface area contributed by atoms with E-state index in [0.29, 0.717) is 29.3 Å². The molecule has 1 aliphatic heterocycles. The second-order valence-electron chi connectivity index (χ2n) is 6.78. The van der Waals surface area contributed by atoms with Gasteiger partial charge in [0.2, 0.25) is 0 Å². The minimum atomic E-state index is -0.790. The number of nitrogens with one attached hydrogen (secondary N) is 1. The number of aromatic hydroxyl groups is 1. The van der Waals surface area contributed by atoms with Gasteiger partial charge in [-0.2, -0.15) is 5.26 Å². The maximum Gasteiger partial charge on any atom is 0.337 e. The van der Waals surface area contributed by atoms with Crippen molar-refractivity contribution >= 4 is 23.7 Å². The Morgan fingerprint density at radius 2 is 2.12 bits per heavy atom. The summed E-state index contributed by atoms with van der Waals surface area (Å²) < 4.78 is 15.6. The zero-order valence-electron chi connectivity index (χ0n) is 18.3. The highest BCUT2D eigenvalue weighted by molar-refractivity contribution is 8.03. The van der Waals surface area contributed by atoms with Crippen LogP contribution in [0.1, 0.15) is 31.7 Å². The minimum Gasteiger partial charge on any atom is -0.504 e. The van der Waals surface area contributed by atoms with Gasteiger partial charge in [0.05, 0.1) is 47.6 Å². The molecular weight excluding hydrogens is 432 g/mol. The van der Waals surface area contributed by atoms with E-state index in [1.54, 1.807) is 19.1 Å². The van der Waals surface area contributed by atoms with Crippen LogP contribution in [0, 0.1) is 11.3 Å². The van der Waals surface area contributed by atoms with Crippen LogP contribution in [0.25, 0.3) is 0 Å². The number of allylic oxidation sites excluding steroid dienone is 2. The molecule has 1 unspecified atom stereocenters. The van der Waals surface area contributed by atoms with E-state index in [1.807, 2.05) is 6.92 Å². The fourth-order valence-electron chi connectivity index (χ4n) is 3.11. The van der Waals surface area contributed by atoms with Crippen LogP contribution < -0.4 is 10.1 Å². The first-order chi connectivity index (χ1) is 15.4. The van der Waals surface area contributed by atoms with Crippen LogP contribution in [0.2, 0.25) is 0 Å². The molecule has 32 heavy (non-hydrogen) atoms. The Morgan fingerprint density at radius 3 is 2.75 bits per heavy atom. The Balaban J connectivity index is 2.52. The second-order valence-corrected chi connectivity index (χ2v) is 7.76. The van der Waals surface area contributed by atoms with Gasteiger partial charge in [-0.1, -0.05) is 37.4 Å². The molecule has 1 aromatic carbocycles. The zero-order valence-corrected chi connectivity index (χ0v) is 19.1. The number of rotatable bonds is 10. The summed E-state index contributed by atoms with van der Waals surface area (Å²) in [6.45, 7) is 7.48. The van der Waals surface area contributed by atoms with Gasteiger partial charge in [-0.3, -0.25) is 4.79 Å². The van der Waals surface area contributed by atoms with Gasteiger partial charge in [0, 0.05) is 5.70 Å². The van der Waals surface area contributed by atoms with Crippen molar-refractivity contribution < 1.29 is 28.9 Å². The van der Waals surface area contributed by atoms with Gasteiger partial charge < -0.3 is 24.6 Å². The molecule has 2 N–H and O–H groups in total. The Morgan fingerprint density at radius 1 is 1.38 bits per heavy atom. The highest BCUT2D eigenvalue weighted by Gasteiger charge is 2.36. The molecule has 0 spiro atoms. The van der Waals surface area contributed by atoms with E-state index in [0.717, 1.165) is 11.8 Å². The molecule has 0 saturated heterocycles. The van der Waals surface area contributed by atoms with Gasteiger partial charge in [0.25, 0.3) is 0 Å². The molecule has 0 saturated carbocycles. The van der Waals surface area contributed by atoms with Crippen molar-refractivity contribution in [1.29, 1.82) is 5.26 Å². The number of methoxy groups -OCH3 is 1. The standard InChI is InChI=1S/C23H26N2O6S/c1-5-9-30-19(27)13-32-22-16(12-24)21(15-7-8-17(26)18(11-15)29-4)20(14(3)25-22)23(28)31-10-6-2/h6-8,11,21,25-26H,2,5,9-10,13H2,1,3-4H3. The van der Waals surface area contributed by atoms with E-state index >= 15 is 0 Å². The van der Waals surface area contributed by atoms with Crippen LogP contribution >= 0.6 is 11.8 Å². The first-order valence-electron chi connectivity index (χ1n) is 9.93. The fourth-order valence-corrected chi connectivity index (χ4v) is 3.99. The number of hydrogen-bond acceptors (Lipinski definition) is 9. The molecule has 0 aromatic heterocycles. The molecule has 0 bridgehead atoms. The number of hydrogen-bond donors (Lipinski definition) is 2. The Kier molecular flexibility index (Phi) is 9.22. The van der Waals surface area contributed by atoms with Crippen LogP contribution in [0.5, 0.6) is 11.5 Å². The highest BCUT2D eigenvalue weighted by atomic mass is 32.2. The van der Waals surface area contributed by atoms with Crippen LogP contribution in [0.3, 0.4) is 0 Å². The van der Waals surface area contributed by atoms with Gasteiger partial charge in [0.15, 0.2) is 11.5 Å². The minimum absolute atomic E-state index is 0.00264. The summed E-state index contributed by atoms with van der Waals surface area (Å²) in [6, 6.07) is 6.77. The first-order valence-corrected chi connectivity index (χ1v) is 10.9. The number of carbonyl (C=O) groups is 2. The van der Waals surface area contributed by atoms with Crippen molar-refractivity contribution in [1.82, 2.24) is 5.32 Å². The lowest BCUT2D eigenvalue weighted by Gasteiger charge is -2.29. The number of nitrogens with zero attached hydrogens (tertiary/aromatic N) is 1. The number of nitriles is 1. The second kappa shape index (κ2) is 11.9. The molecular formula is C23H26N2O6S. The number of phenols is 1. The van der Waals surface area contributed by atoms with Crippen molar-refractivity contribution in [2.45, 2.75) is 26.2 Å². The number of thioether (sulfide) groups is 1. The number of benzene rings is 1. The fraction of sp³-hybridized carbons (Fsp3) is 0.348. The van der Waals surface area contributed by atoms with Gasteiger partial charge in [0.1, 0.15) is 6.61 Å². The Labute approximate surface area is 191 Å². The van der Waals surface area contributed by atoms with E-state index in [2.05, 4.69) is 18.0 Å². The van der Waals surface area contributed by atoms with Crippen molar-refractivity contribution in [3.05, 3.63) is 58.3 Å². The van der Waals surface area contributed by atoms with E-state index in [4.69, 9.17) is 14.2 Å². The molecule has 2 rings (SSSR count). The monoisotopic (exact) mass is 458 g/mol. The molecule has 1 heterocycles. The summed E-state index contributed by atoms with van der Waals surface area (Å²) in [4.78, 5) is 24.8. The molecule has 0 amide bonds.